The van der Waals surface area contributed by atoms with Crippen molar-refractivity contribution in [1.29, 1.82) is 0 Å². The van der Waals surface area contributed by atoms with Crippen LogP contribution in [0.15, 0.2) is 50.8 Å². The van der Waals surface area contributed by atoms with E-state index >= 15 is 0 Å². The summed E-state index contributed by atoms with van der Waals surface area (Å²) in [6.45, 7) is 5.57. The van der Waals surface area contributed by atoms with Crippen LogP contribution >= 0.6 is 31.9 Å². The average molecular weight is 471 g/mol. The van der Waals surface area contributed by atoms with Gasteiger partial charge in [-0.15, -0.1) is 4.91 Å². The molecule has 1 aromatic heterocycles. The largest absolute Gasteiger partial charge is 0.443 e. The fourth-order valence-electron chi connectivity index (χ4n) is 2.09. The Morgan fingerprint density at radius 2 is 1.88 bits per heavy atom. The molecule has 6 nitrogen and oxygen atoms in total. The lowest BCUT2D eigenvalue weighted by molar-refractivity contribution is 0.0577. The Hall–Kier alpha value is -1.80. The zero-order chi connectivity index (χ0) is 18.6. The summed E-state index contributed by atoms with van der Waals surface area (Å²) < 4.78 is 6.20. The van der Waals surface area contributed by atoms with E-state index < -0.39 is 11.7 Å². The van der Waals surface area contributed by atoms with E-state index in [1.165, 1.54) is 4.90 Å². The second kappa shape index (κ2) is 8.05. The molecule has 25 heavy (non-hydrogen) atoms. The van der Waals surface area contributed by atoms with Crippen molar-refractivity contribution in [3.8, 4) is 0 Å². The Morgan fingerprint density at radius 3 is 2.44 bits per heavy atom. The summed E-state index contributed by atoms with van der Waals surface area (Å²) in [5, 5.41) is 3.02. The maximum atomic E-state index is 12.8. The lowest BCUT2D eigenvalue weighted by Crippen LogP contribution is -2.36. The van der Waals surface area contributed by atoms with E-state index in [2.05, 4.69) is 42.0 Å². The number of hydrogen-bond acceptors (Lipinski definition) is 5. The highest BCUT2D eigenvalue weighted by molar-refractivity contribution is 9.11. The molecule has 0 saturated heterocycles. The highest BCUT2D eigenvalue weighted by Crippen LogP contribution is 2.38. The van der Waals surface area contributed by atoms with Crippen molar-refractivity contribution in [2.45, 2.75) is 32.9 Å². The Morgan fingerprint density at radius 1 is 1.24 bits per heavy atom. The van der Waals surface area contributed by atoms with Crippen molar-refractivity contribution < 1.29 is 9.53 Å². The number of halogens is 2. The number of nitroso groups, excluding NO2 is 1. The van der Waals surface area contributed by atoms with Crippen molar-refractivity contribution >= 4 is 49.3 Å². The zero-order valence-electron chi connectivity index (χ0n) is 14.0. The molecule has 0 fully saturated rings. The summed E-state index contributed by atoms with van der Waals surface area (Å²) in [5.74, 6) is 0. The molecule has 0 unspecified atom stereocenters. The van der Waals surface area contributed by atoms with Crippen LogP contribution in [0.4, 0.5) is 16.2 Å². The molecule has 1 aromatic carbocycles. The topological polar surface area (TPSA) is 71.9 Å². The van der Waals surface area contributed by atoms with Gasteiger partial charge in [0, 0.05) is 0 Å². The minimum atomic E-state index is -0.678. The normalized spacial score (nSPS) is 11.1. The van der Waals surface area contributed by atoms with E-state index in [0.29, 0.717) is 10.3 Å². The molecule has 0 aliphatic heterocycles. The molecule has 1 amide bonds. The molecule has 0 radical (unpaired) electrons. The van der Waals surface area contributed by atoms with Gasteiger partial charge >= 0.3 is 6.09 Å². The zero-order valence-corrected chi connectivity index (χ0v) is 17.2. The molecule has 0 aliphatic carbocycles. The van der Waals surface area contributed by atoms with Crippen LogP contribution in [0.25, 0.3) is 0 Å². The van der Waals surface area contributed by atoms with Crippen LogP contribution in [-0.4, -0.2) is 16.7 Å². The molecule has 0 bridgehead atoms. The summed E-state index contributed by atoms with van der Waals surface area (Å²) in [6.07, 6.45) is -0.578. The first kappa shape index (κ1) is 19.5. The molecular formula is C17H17Br2N3O3. The molecule has 2 aromatic rings. The van der Waals surface area contributed by atoms with Crippen LogP contribution in [0, 0.1) is 4.91 Å². The first-order valence-corrected chi connectivity index (χ1v) is 9.03. The van der Waals surface area contributed by atoms with Crippen LogP contribution in [-0.2, 0) is 11.3 Å². The maximum Gasteiger partial charge on any atom is 0.415 e. The highest BCUT2D eigenvalue weighted by Gasteiger charge is 2.27. The predicted octanol–water partition coefficient (Wildman–Crippen LogP) is 5.95. The summed E-state index contributed by atoms with van der Waals surface area (Å²) in [6, 6.07) is 11.0. The highest BCUT2D eigenvalue weighted by atomic mass is 79.9. The lowest BCUT2D eigenvalue weighted by Gasteiger charge is -2.28. The molecule has 1 heterocycles. The summed E-state index contributed by atoms with van der Waals surface area (Å²) in [5.41, 5.74) is 0.545. The van der Waals surface area contributed by atoms with Gasteiger partial charge in [0.05, 0.1) is 12.2 Å². The van der Waals surface area contributed by atoms with Gasteiger partial charge in [0.15, 0.2) is 5.69 Å². The Balaban J connectivity index is 2.51. The second-order valence-corrected chi connectivity index (χ2v) is 7.81. The van der Waals surface area contributed by atoms with Gasteiger partial charge in [0.2, 0.25) is 0 Å². The quantitative estimate of drug-likeness (QED) is 0.409. The monoisotopic (exact) mass is 469 g/mol. The fourth-order valence-corrected chi connectivity index (χ4v) is 3.19. The maximum absolute atomic E-state index is 12.8. The van der Waals surface area contributed by atoms with Crippen LogP contribution in [0.3, 0.4) is 0 Å². The van der Waals surface area contributed by atoms with Gasteiger partial charge in [-0.1, -0.05) is 30.3 Å². The van der Waals surface area contributed by atoms with Crippen molar-refractivity contribution in [2.24, 2.45) is 5.18 Å². The number of nitrogens with zero attached hydrogens (tertiary/aromatic N) is 3. The summed E-state index contributed by atoms with van der Waals surface area (Å²) in [7, 11) is 0. The minimum absolute atomic E-state index is 0.0324. The number of ether oxygens (including phenoxy) is 1. The number of hydrogen-bond donors (Lipinski definition) is 0. The number of carbonyl (C=O) groups excluding carboxylic acids is 1. The standard InChI is InChI=1S/C17H17Br2N3O3/c1-17(2,3)25-16(23)22(10-11-7-5-4-6-8-11)12-9-13(18)20-15(19)14(12)21-24/h4-9H,10H2,1-3H3. The van der Waals surface area contributed by atoms with Gasteiger partial charge in [-0.05, 0) is 69.4 Å². The van der Waals surface area contributed by atoms with Crippen LogP contribution < -0.4 is 4.90 Å². The van der Waals surface area contributed by atoms with Crippen LogP contribution in [0.2, 0.25) is 0 Å². The lowest BCUT2D eigenvalue weighted by atomic mass is 10.2. The van der Waals surface area contributed by atoms with E-state index in [1.807, 2.05) is 30.3 Å². The number of amides is 1. The van der Waals surface area contributed by atoms with Crippen molar-refractivity contribution in [1.82, 2.24) is 4.98 Å². The number of aromatic nitrogens is 1. The Kier molecular flexibility index (Phi) is 6.29. The SMILES string of the molecule is CC(C)(C)OC(=O)N(Cc1ccccc1)c1cc(Br)nc(Br)c1N=O. The number of pyridine rings is 1. The van der Waals surface area contributed by atoms with Gasteiger partial charge in [-0.25, -0.2) is 9.78 Å². The van der Waals surface area contributed by atoms with E-state index in [-0.39, 0.29) is 16.8 Å². The molecule has 0 atom stereocenters. The smallest absolute Gasteiger partial charge is 0.415 e. The third-order valence-corrected chi connectivity index (χ3v) is 4.04. The molecule has 0 aliphatic rings. The first-order valence-electron chi connectivity index (χ1n) is 7.45. The molecule has 2 rings (SSSR count). The Labute approximate surface area is 162 Å². The predicted molar refractivity (Wildman–Crippen MR) is 104 cm³/mol. The minimum Gasteiger partial charge on any atom is -0.443 e. The van der Waals surface area contributed by atoms with Crippen molar-refractivity contribution in [3.05, 3.63) is 56.1 Å². The molecule has 132 valence electrons. The number of benzene rings is 1. The van der Waals surface area contributed by atoms with Crippen molar-refractivity contribution in [2.75, 3.05) is 4.90 Å². The second-order valence-electron chi connectivity index (χ2n) is 6.25. The van der Waals surface area contributed by atoms with Gasteiger partial charge < -0.3 is 4.74 Å². The van der Waals surface area contributed by atoms with Crippen LogP contribution in [0.1, 0.15) is 26.3 Å². The number of anilines is 1. The first-order chi connectivity index (χ1) is 11.7. The van der Waals surface area contributed by atoms with E-state index in [1.54, 1.807) is 26.8 Å². The average Bonchev–Trinajstić information content (AvgIpc) is 2.51. The summed E-state index contributed by atoms with van der Waals surface area (Å²) >= 11 is 6.49. The number of rotatable bonds is 4. The molecule has 0 N–H and O–H groups in total. The van der Waals surface area contributed by atoms with E-state index in [4.69, 9.17) is 4.74 Å². The van der Waals surface area contributed by atoms with E-state index in [9.17, 15) is 9.70 Å². The Bertz CT molecular complexity index is 777. The van der Waals surface area contributed by atoms with Crippen molar-refractivity contribution in [3.63, 3.8) is 0 Å². The van der Waals surface area contributed by atoms with Gasteiger partial charge in [0.25, 0.3) is 0 Å². The molecular weight excluding hydrogens is 454 g/mol. The van der Waals surface area contributed by atoms with Crippen LogP contribution in [0.5, 0.6) is 0 Å². The molecule has 0 saturated carbocycles. The van der Waals surface area contributed by atoms with Gasteiger partial charge in [0.1, 0.15) is 14.8 Å². The third kappa shape index (κ3) is 5.34. The molecule has 0 spiro atoms. The third-order valence-electron chi connectivity index (χ3n) is 3.08. The fraction of sp³-hybridized carbons (Fsp3) is 0.294. The number of carbonyl (C=O) groups is 1. The van der Waals surface area contributed by atoms with Gasteiger partial charge in [-0.3, -0.25) is 4.90 Å². The van der Waals surface area contributed by atoms with E-state index in [0.717, 1.165) is 5.56 Å². The van der Waals surface area contributed by atoms with Gasteiger partial charge in [-0.2, -0.15) is 0 Å². The summed E-state index contributed by atoms with van der Waals surface area (Å²) in [4.78, 5) is 29.5. The molecule has 8 heteroatoms.